The Morgan fingerprint density at radius 3 is 2.60 bits per heavy atom. The monoisotopic (exact) mass is 140 g/mol. The van der Waals surface area contributed by atoms with Gasteiger partial charge in [0, 0.05) is 6.61 Å². The molecule has 0 aliphatic heterocycles. The van der Waals surface area contributed by atoms with Crippen molar-refractivity contribution in [3.8, 4) is 0 Å². The Morgan fingerprint density at radius 1 is 1.20 bits per heavy atom. The SMILES string of the molecule is C/C=C\C=C\CCCCO. The van der Waals surface area contributed by atoms with Gasteiger partial charge < -0.3 is 5.11 Å². The molecule has 0 aromatic heterocycles. The molecule has 0 spiro atoms. The fourth-order valence-corrected chi connectivity index (χ4v) is 0.660. The Bertz CT molecular complexity index is 103. The van der Waals surface area contributed by atoms with Gasteiger partial charge >= 0.3 is 0 Å². The smallest absolute Gasteiger partial charge is 0.0431 e. The van der Waals surface area contributed by atoms with Crippen molar-refractivity contribution in [3.05, 3.63) is 24.3 Å². The van der Waals surface area contributed by atoms with E-state index in [2.05, 4.69) is 6.08 Å². The number of aliphatic hydroxyl groups is 1. The lowest BCUT2D eigenvalue weighted by atomic mass is 10.2. The first-order valence-electron chi connectivity index (χ1n) is 3.80. The van der Waals surface area contributed by atoms with E-state index < -0.39 is 0 Å². The summed E-state index contributed by atoms with van der Waals surface area (Å²) in [4.78, 5) is 0. The number of unbranched alkanes of at least 4 members (excludes halogenated alkanes) is 2. The normalized spacial score (nSPS) is 11.8. The van der Waals surface area contributed by atoms with Crippen LogP contribution < -0.4 is 0 Å². The third-order valence-electron chi connectivity index (χ3n) is 1.22. The molecule has 0 atom stereocenters. The molecule has 1 nitrogen and oxygen atoms in total. The number of aliphatic hydroxyl groups excluding tert-OH is 1. The minimum Gasteiger partial charge on any atom is -0.396 e. The maximum absolute atomic E-state index is 8.43. The van der Waals surface area contributed by atoms with Gasteiger partial charge in [-0.3, -0.25) is 0 Å². The first-order chi connectivity index (χ1) is 4.91. The molecule has 0 fully saturated rings. The highest BCUT2D eigenvalue weighted by Crippen LogP contribution is 1.94. The Labute approximate surface area is 63.1 Å². The van der Waals surface area contributed by atoms with Crippen molar-refractivity contribution in [1.82, 2.24) is 0 Å². The van der Waals surface area contributed by atoms with Crippen LogP contribution in [0.2, 0.25) is 0 Å². The summed E-state index contributed by atoms with van der Waals surface area (Å²) in [6, 6.07) is 0. The summed E-state index contributed by atoms with van der Waals surface area (Å²) in [6.45, 7) is 2.32. The van der Waals surface area contributed by atoms with Crippen LogP contribution in [-0.4, -0.2) is 11.7 Å². The van der Waals surface area contributed by atoms with Gasteiger partial charge in [-0.2, -0.15) is 0 Å². The van der Waals surface area contributed by atoms with Crippen LogP contribution in [0, 0.1) is 0 Å². The van der Waals surface area contributed by atoms with E-state index in [4.69, 9.17) is 5.11 Å². The molecule has 0 aliphatic carbocycles. The lowest BCUT2D eigenvalue weighted by molar-refractivity contribution is 0.285. The van der Waals surface area contributed by atoms with E-state index in [1.54, 1.807) is 0 Å². The summed E-state index contributed by atoms with van der Waals surface area (Å²) in [5, 5.41) is 8.43. The highest BCUT2D eigenvalue weighted by atomic mass is 16.2. The van der Waals surface area contributed by atoms with Gasteiger partial charge in [-0.1, -0.05) is 24.3 Å². The molecule has 0 saturated heterocycles. The minimum absolute atomic E-state index is 0.317. The molecule has 0 aromatic rings. The van der Waals surface area contributed by atoms with E-state index in [9.17, 15) is 0 Å². The van der Waals surface area contributed by atoms with E-state index in [0.29, 0.717) is 6.61 Å². The van der Waals surface area contributed by atoms with Gasteiger partial charge in [0.05, 0.1) is 0 Å². The average molecular weight is 140 g/mol. The zero-order valence-corrected chi connectivity index (χ0v) is 6.59. The maximum Gasteiger partial charge on any atom is 0.0431 e. The Hall–Kier alpha value is -0.560. The van der Waals surface area contributed by atoms with Crippen LogP contribution in [-0.2, 0) is 0 Å². The van der Waals surface area contributed by atoms with Crippen molar-refractivity contribution in [3.63, 3.8) is 0 Å². The van der Waals surface area contributed by atoms with Gasteiger partial charge in [0.15, 0.2) is 0 Å². The average Bonchev–Trinajstić information content (AvgIpc) is 1.97. The summed E-state index contributed by atoms with van der Waals surface area (Å²) in [6.07, 6.45) is 11.3. The van der Waals surface area contributed by atoms with E-state index >= 15 is 0 Å². The van der Waals surface area contributed by atoms with Crippen LogP contribution in [0.25, 0.3) is 0 Å². The van der Waals surface area contributed by atoms with Crippen molar-refractivity contribution < 1.29 is 5.11 Å². The zero-order valence-electron chi connectivity index (χ0n) is 6.59. The van der Waals surface area contributed by atoms with Crippen molar-refractivity contribution in [1.29, 1.82) is 0 Å². The Morgan fingerprint density at radius 2 is 2.00 bits per heavy atom. The van der Waals surface area contributed by atoms with Gasteiger partial charge in [0.25, 0.3) is 0 Å². The summed E-state index contributed by atoms with van der Waals surface area (Å²) >= 11 is 0. The van der Waals surface area contributed by atoms with Crippen LogP contribution >= 0.6 is 0 Å². The molecule has 0 aliphatic rings. The third kappa shape index (κ3) is 7.44. The van der Waals surface area contributed by atoms with E-state index in [0.717, 1.165) is 19.3 Å². The topological polar surface area (TPSA) is 20.2 Å². The minimum atomic E-state index is 0.317. The largest absolute Gasteiger partial charge is 0.396 e. The van der Waals surface area contributed by atoms with Gasteiger partial charge in [-0.05, 0) is 26.2 Å². The standard InChI is InChI=1S/C9H16O/c1-2-3-4-5-6-7-8-9-10/h2-5,10H,6-9H2,1H3/b3-2-,5-4+. The van der Waals surface area contributed by atoms with Gasteiger partial charge in [0.2, 0.25) is 0 Å². The summed E-state index contributed by atoms with van der Waals surface area (Å²) in [5.41, 5.74) is 0. The second-order valence-electron chi connectivity index (χ2n) is 2.17. The van der Waals surface area contributed by atoms with Crippen LogP contribution in [0.1, 0.15) is 26.2 Å². The molecule has 0 bridgehead atoms. The number of allylic oxidation sites excluding steroid dienone is 4. The summed E-state index contributed by atoms with van der Waals surface area (Å²) in [7, 11) is 0. The van der Waals surface area contributed by atoms with E-state index in [1.807, 2.05) is 25.2 Å². The number of rotatable bonds is 5. The molecular formula is C9H16O. The molecule has 0 rings (SSSR count). The summed E-state index contributed by atoms with van der Waals surface area (Å²) in [5.74, 6) is 0. The fourth-order valence-electron chi connectivity index (χ4n) is 0.660. The molecule has 0 aromatic carbocycles. The first-order valence-corrected chi connectivity index (χ1v) is 3.80. The first kappa shape index (κ1) is 9.44. The zero-order chi connectivity index (χ0) is 7.66. The second kappa shape index (κ2) is 8.44. The van der Waals surface area contributed by atoms with Gasteiger partial charge in [0.1, 0.15) is 0 Å². The van der Waals surface area contributed by atoms with E-state index in [-0.39, 0.29) is 0 Å². The number of hydrogen-bond acceptors (Lipinski definition) is 1. The van der Waals surface area contributed by atoms with Crippen LogP contribution in [0.3, 0.4) is 0 Å². The molecule has 1 heteroatoms. The predicted molar refractivity (Wildman–Crippen MR) is 44.9 cm³/mol. The maximum atomic E-state index is 8.43. The molecule has 0 heterocycles. The lowest BCUT2D eigenvalue weighted by Gasteiger charge is -1.89. The molecule has 0 saturated carbocycles. The van der Waals surface area contributed by atoms with Crippen molar-refractivity contribution in [2.45, 2.75) is 26.2 Å². The van der Waals surface area contributed by atoms with E-state index in [1.165, 1.54) is 0 Å². The second-order valence-corrected chi connectivity index (χ2v) is 2.17. The lowest BCUT2D eigenvalue weighted by Crippen LogP contribution is -1.79. The number of hydrogen-bond donors (Lipinski definition) is 1. The van der Waals surface area contributed by atoms with Crippen LogP contribution in [0.5, 0.6) is 0 Å². The highest BCUT2D eigenvalue weighted by molar-refractivity contribution is 5.00. The summed E-state index contributed by atoms with van der Waals surface area (Å²) < 4.78 is 0. The molecule has 58 valence electrons. The molecule has 0 amide bonds. The molecule has 0 unspecified atom stereocenters. The molecule has 0 radical (unpaired) electrons. The fraction of sp³-hybridized carbons (Fsp3) is 0.556. The Kier molecular flexibility index (Phi) is 7.97. The molecule has 1 N–H and O–H groups in total. The third-order valence-corrected chi connectivity index (χ3v) is 1.22. The van der Waals surface area contributed by atoms with Gasteiger partial charge in [-0.25, -0.2) is 0 Å². The molecular weight excluding hydrogens is 124 g/mol. The van der Waals surface area contributed by atoms with Crippen molar-refractivity contribution in [2.75, 3.05) is 6.61 Å². The quantitative estimate of drug-likeness (QED) is 0.459. The van der Waals surface area contributed by atoms with Gasteiger partial charge in [-0.15, -0.1) is 0 Å². The Balaban J connectivity index is 3.02. The molecule has 10 heavy (non-hydrogen) atoms. The van der Waals surface area contributed by atoms with Crippen molar-refractivity contribution >= 4 is 0 Å². The van der Waals surface area contributed by atoms with Crippen LogP contribution in [0.15, 0.2) is 24.3 Å². The highest BCUT2D eigenvalue weighted by Gasteiger charge is 1.79. The van der Waals surface area contributed by atoms with Crippen molar-refractivity contribution in [2.24, 2.45) is 0 Å². The predicted octanol–water partition coefficient (Wildman–Crippen LogP) is 2.28. The van der Waals surface area contributed by atoms with Crippen LogP contribution in [0.4, 0.5) is 0 Å².